The molecule has 0 aromatic carbocycles. The maximum absolute atomic E-state index is 5.39. The molecule has 0 radical (unpaired) electrons. The van der Waals surface area contributed by atoms with Gasteiger partial charge in [0.2, 0.25) is 5.95 Å². The Hall–Kier alpha value is -1.97. The van der Waals surface area contributed by atoms with Gasteiger partial charge in [-0.1, -0.05) is 6.07 Å². The largest absolute Gasteiger partial charge is 0.368 e. The quantitative estimate of drug-likeness (QED) is 0.731. The molecule has 0 unspecified atom stereocenters. The molecular weight excluding hydrogens is 176 g/mol. The van der Waals surface area contributed by atoms with Gasteiger partial charge in [0, 0.05) is 35.4 Å². The van der Waals surface area contributed by atoms with E-state index in [1.807, 2.05) is 19.1 Å². The number of pyridine rings is 1. The van der Waals surface area contributed by atoms with Crippen LogP contribution >= 0.6 is 0 Å². The Kier molecular flexibility index (Phi) is 2.10. The van der Waals surface area contributed by atoms with Crippen LogP contribution in [0.2, 0.25) is 0 Å². The zero-order valence-electron chi connectivity index (χ0n) is 7.81. The predicted octanol–water partition coefficient (Wildman–Crippen LogP) is 1.43. The minimum atomic E-state index is 0.286. The monoisotopic (exact) mass is 186 g/mol. The molecule has 0 aliphatic carbocycles. The summed E-state index contributed by atoms with van der Waals surface area (Å²) in [6, 6.07) is 3.93. The SMILES string of the molecule is Cc1ccc(-c2cnc(N)nc2)cn1. The summed E-state index contributed by atoms with van der Waals surface area (Å²) in [5, 5.41) is 0. The highest BCUT2D eigenvalue weighted by molar-refractivity contribution is 5.60. The molecule has 14 heavy (non-hydrogen) atoms. The molecule has 2 heterocycles. The minimum absolute atomic E-state index is 0.286. The lowest BCUT2D eigenvalue weighted by Gasteiger charge is -2.00. The van der Waals surface area contributed by atoms with E-state index in [1.54, 1.807) is 18.6 Å². The van der Waals surface area contributed by atoms with Gasteiger partial charge in [0.1, 0.15) is 0 Å². The fourth-order valence-corrected chi connectivity index (χ4v) is 1.13. The Morgan fingerprint density at radius 3 is 2.14 bits per heavy atom. The van der Waals surface area contributed by atoms with Crippen molar-refractivity contribution in [2.45, 2.75) is 6.92 Å². The summed E-state index contributed by atoms with van der Waals surface area (Å²) < 4.78 is 0. The van der Waals surface area contributed by atoms with Crippen molar-refractivity contribution in [1.29, 1.82) is 0 Å². The van der Waals surface area contributed by atoms with Gasteiger partial charge in [-0.3, -0.25) is 4.98 Å². The highest BCUT2D eigenvalue weighted by atomic mass is 15.0. The van der Waals surface area contributed by atoms with Gasteiger partial charge in [0.25, 0.3) is 0 Å². The van der Waals surface area contributed by atoms with E-state index in [0.717, 1.165) is 16.8 Å². The molecular formula is C10H10N4. The standard InChI is InChI=1S/C10H10N4/c1-7-2-3-8(4-12-7)9-5-13-10(11)14-6-9/h2-6H,1H3,(H2,11,13,14). The highest BCUT2D eigenvalue weighted by Gasteiger charge is 1.98. The predicted molar refractivity (Wildman–Crippen MR) is 54.4 cm³/mol. The molecule has 2 aromatic heterocycles. The van der Waals surface area contributed by atoms with Crippen LogP contribution in [0.25, 0.3) is 11.1 Å². The Balaban J connectivity index is 2.40. The molecule has 2 N–H and O–H groups in total. The Bertz CT molecular complexity index is 375. The normalized spacial score (nSPS) is 10.1. The molecule has 0 aliphatic heterocycles. The van der Waals surface area contributed by atoms with Crippen molar-refractivity contribution in [1.82, 2.24) is 15.0 Å². The number of nitrogens with two attached hydrogens (primary N) is 1. The van der Waals surface area contributed by atoms with Crippen LogP contribution in [0.4, 0.5) is 5.95 Å². The van der Waals surface area contributed by atoms with Gasteiger partial charge in [-0.15, -0.1) is 0 Å². The first kappa shape index (κ1) is 8.62. The van der Waals surface area contributed by atoms with Gasteiger partial charge in [-0.05, 0) is 13.0 Å². The van der Waals surface area contributed by atoms with E-state index < -0.39 is 0 Å². The molecule has 0 bridgehead atoms. The smallest absolute Gasteiger partial charge is 0.219 e. The van der Waals surface area contributed by atoms with Gasteiger partial charge in [0.15, 0.2) is 0 Å². The first-order chi connectivity index (χ1) is 6.75. The summed E-state index contributed by atoms with van der Waals surface area (Å²) in [7, 11) is 0. The Morgan fingerprint density at radius 1 is 0.929 bits per heavy atom. The average molecular weight is 186 g/mol. The summed E-state index contributed by atoms with van der Waals surface area (Å²) >= 11 is 0. The van der Waals surface area contributed by atoms with Crippen molar-refractivity contribution in [3.63, 3.8) is 0 Å². The van der Waals surface area contributed by atoms with Crippen LogP contribution in [-0.2, 0) is 0 Å². The van der Waals surface area contributed by atoms with Crippen molar-refractivity contribution in [3.8, 4) is 11.1 Å². The van der Waals surface area contributed by atoms with E-state index in [2.05, 4.69) is 15.0 Å². The third-order valence-corrected chi connectivity index (χ3v) is 1.92. The lowest BCUT2D eigenvalue weighted by atomic mass is 10.1. The molecule has 0 aliphatic rings. The lowest BCUT2D eigenvalue weighted by molar-refractivity contribution is 1.17. The van der Waals surface area contributed by atoms with Crippen LogP contribution < -0.4 is 5.73 Å². The fraction of sp³-hybridized carbons (Fsp3) is 0.100. The number of nitrogen functional groups attached to an aromatic ring is 1. The highest BCUT2D eigenvalue weighted by Crippen LogP contribution is 2.16. The Labute approximate surface area is 81.9 Å². The van der Waals surface area contributed by atoms with Crippen molar-refractivity contribution >= 4 is 5.95 Å². The second-order valence-electron chi connectivity index (χ2n) is 3.02. The first-order valence-corrected chi connectivity index (χ1v) is 4.26. The summed E-state index contributed by atoms with van der Waals surface area (Å²) in [6.45, 7) is 1.95. The van der Waals surface area contributed by atoms with Gasteiger partial charge in [-0.2, -0.15) is 0 Å². The molecule has 0 saturated carbocycles. The van der Waals surface area contributed by atoms with Crippen LogP contribution in [0.15, 0.2) is 30.7 Å². The van der Waals surface area contributed by atoms with Crippen molar-refractivity contribution in [2.75, 3.05) is 5.73 Å². The maximum Gasteiger partial charge on any atom is 0.219 e. The second kappa shape index (κ2) is 3.41. The van der Waals surface area contributed by atoms with Crippen molar-refractivity contribution in [2.24, 2.45) is 0 Å². The van der Waals surface area contributed by atoms with Crippen LogP contribution in [0.5, 0.6) is 0 Å². The number of anilines is 1. The molecule has 4 nitrogen and oxygen atoms in total. The van der Waals surface area contributed by atoms with E-state index in [9.17, 15) is 0 Å². The van der Waals surface area contributed by atoms with Crippen LogP contribution in [0.3, 0.4) is 0 Å². The van der Waals surface area contributed by atoms with Crippen LogP contribution in [-0.4, -0.2) is 15.0 Å². The number of nitrogens with zero attached hydrogens (tertiary/aromatic N) is 3. The van der Waals surface area contributed by atoms with Gasteiger partial charge in [0.05, 0.1) is 0 Å². The molecule has 0 amide bonds. The minimum Gasteiger partial charge on any atom is -0.368 e. The third kappa shape index (κ3) is 1.69. The fourth-order valence-electron chi connectivity index (χ4n) is 1.13. The van der Waals surface area contributed by atoms with E-state index >= 15 is 0 Å². The molecule has 0 spiro atoms. The Morgan fingerprint density at radius 2 is 1.57 bits per heavy atom. The number of hydrogen-bond donors (Lipinski definition) is 1. The van der Waals surface area contributed by atoms with E-state index in [-0.39, 0.29) is 5.95 Å². The first-order valence-electron chi connectivity index (χ1n) is 4.26. The third-order valence-electron chi connectivity index (χ3n) is 1.92. The molecule has 0 atom stereocenters. The molecule has 2 aromatic rings. The van der Waals surface area contributed by atoms with E-state index in [1.165, 1.54) is 0 Å². The molecule has 4 heteroatoms. The zero-order chi connectivity index (χ0) is 9.97. The van der Waals surface area contributed by atoms with Gasteiger partial charge >= 0.3 is 0 Å². The summed E-state index contributed by atoms with van der Waals surface area (Å²) in [6.07, 6.45) is 5.17. The number of rotatable bonds is 1. The molecule has 2 rings (SSSR count). The van der Waals surface area contributed by atoms with Crippen LogP contribution in [0, 0.1) is 6.92 Å². The van der Waals surface area contributed by atoms with Gasteiger partial charge < -0.3 is 5.73 Å². The molecule has 0 fully saturated rings. The van der Waals surface area contributed by atoms with Gasteiger partial charge in [-0.25, -0.2) is 9.97 Å². The lowest BCUT2D eigenvalue weighted by Crippen LogP contribution is -1.93. The summed E-state index contributed by atoms with van der Waals surface area (Å²) in [5.74, 6) is 0.286. The van der Waals surface area contributed by atoms with Crippen molar-refractivity contribution < 1.29 is 0 Å². The molecule has 0 saturated heterocycles. The maximum atomic E-state index is 5.39. The van der Waals surface area contributed by atoms with E-state index in [4.69, 9.17) is 5.73 Å². The van der Waals surface area contributed by atoms with E-state index in [0.29, 0.717) is 0 Å². The second-order valence-corrected chi connectivity index (χ2v) is 3.02. The number of aryl methyl sites for hydroxylation is 1. The topological polar surface area (TPSA) is 64.7 Å². The summed E-state index contributed by atoms with van der Waals surface area (Å²) in [4.78, 5) is 12.0. The van der Waals surface area contributed by atoms with Crippen molar-refractivity contribution in [3.05, 3.63) is 36.4 Å². The zero-order valence-corrected chi connectivity index (χ0v) is 7.81. The molecule has 70 valence electrons. The average Bonchev–Trinajstić information content (AvgIpc) is 2.21. The summed E-state index contributed by atoms with van der Waals surface area (Å²) in [5.41, 5.74) is 8.30. The van der Waals surface area contributed by atoms with Crippen LogP contribution in [0.1, 0.15) is 5.69 Å². The number of hydrogen-bond acceptors (Lipinski definition) is 4. The number of aromatic nitrogens is 3.